The van der Waals surface area contributed by atoms with Gasteiger partial charge in [0.15, 0.2) is 5.82 Å². The molecule has 1 aromatic heterocycles. The molecule has 0 bridgehead atoms. The molecule has 17 heavy (non-hydrogen) atoms. The van der Waals surface area contributed by atoms with Crippen molar-refractivity contribution in [3.05, 3.63) is 22.7 Å². The smallest absolute Gasteiger partial charge is 0.293 e. The van der Waals surface area contributed by atoms with Crippen molar-refractivity contribution in [3.63, 3.8) is 0 Å². The number of rotatable bonds is 3. The fraction of sp³-hybridized carbons (Fsp3) is 0.667. The van der Waals surface area contributed by atoms with E-state index in [1.807, 2.05) is 6.92 Å². The van der Waals surface area contributed by atoms with E-state index in [9.17, 15) is 4.79 Å². The van der Waals surface area contributed by atoms with Gasteiger partial charge in [-0.15, -0.1) is 0 Å². The van der Waals surface area contributed by atoms with Crippen LogP contribution in [0.1, 0.15) is 26.7 Å². The van der Waals surface area contributed by atoms with Gasteiger partial charge in [0.05, 0.1) is 0 Å². The Labute approximate surface area is 101 Å². The van der Waals surface area contributed by atoms with E-state index in [-0.39, 0.29) is 5.56 Å². The third-order valence-corrected chi connectivity index (χ3v) is 3.22. The lowest BCUT2D eigenvalue weighted by Gasteiger charge is -2.28. The molecule has 2 heterocycles. The summed E-state index contributed by atoms with van der Waals surface area (Å²) in [6, 6.07) is 0.845. The predicted octanol–water partition coefficient (Wildman–Crippen LogP) is 0.816. The Hall–Kier alpha value is -1.36. The second kappa shape index (κ2) is 5.31. The molecular formula is C12H20N4O. The van der Waals surface area contributed by atoms with Crippen LogP contribution >= 0.6 is 0 Å². The second-order valence-corrected chi connectivity index (χ2v) is 4.59. The van der Waals surface area contributed by atoms with Gasteiger partial charge in [-0.3, -0.25) is 4.79 Å². The van der Waals surface area contributed by atoms with Gasteiger partial charge in [0.2, 0.25) is 0 Å². The molecule has 0 amide bonds. The first kappa shape index (κ1) is 12.1. The first-order valence-corrected chi connectivity index (χ1v) is 6.26. The van der Waals surface area contributed by atoms with Crippen LogP contribution in [0.25, 0.3) is 0 Å². The van der Waals surface area contributed by atoms with E-state index in [1.165, 1.54) is 0 Å². The van der Waals surface area contributed by atoms with Gasteiger partial charge in [-0.25, -0.2) is 4.98 Å². The molecule has 5 nitrogen and oxygen atoms in total. The molecule has 2 rings (SSSR count). The van der Waals surface area contributed by atoms with Crippen molar-refractivity contribution in [1.82, 2.24) is 14.9 Å². The van der Waals surface area contributed by atoms with Gasteiger partial charge in [-0.05, 0) is 33.2 Å². The number of hydrogen-bond donors (Lipinski definition) is 2. The van der Waals surface area contributed by atoms with Crippen LogP contribution in [0.2, 0.25) is 0 Å². The zero-order valence-electron chi connectivity index (χ0n) is 10.4. The van der Waals surface area contributed by atoms with Crippen LogP contribution in [0.4, 0.5) is 5.82 Å². The van der Waals surface area contributed by atoms with Crippen molar-refractivity contribution in [1.29, 1.82) is 0 Å². The van der Waals surface area contributed by atoms with E-state index in [0.29, 0.717) is 24.4 Å². The van der Waals surface area contributed by atoms with Crippen molar-refractivity contribution in [2.75, 3.05) is 11.9 Å². The fourth-order valence-corrected chi connectivity index (χ4v) is 2.25. The third-order valence-electron chi connectivity index (χ3n) is 3.22. The molecule has 1 fully saturated rings. The topological polar surface area (TPSA) is 59.0 Å². The van der Waals surface area contributed by atoms with Gasteiger partial charge in [0.25, 0.3) is 5.56 Å². The minimum Gasteiger partial charge on any atom is -0.363 e. The molecule has 1 aromatic rings. The number of piperidine rings is 1. The van der Waals surface area contributed by atoms with Gasteiger partial charge >= 0.3 is 0 Å². The summed E-state index contributed by atoms with van der Waals surface area (Å²) in [6.45, 7) is 5.79. The summed E-state index contributed by atoms with van der Waals surface area (Å²) in [4.78, 5) is 16.1. The molecule has 2 unspecified atom stereocenters. The highest BCUT2D eigenvalue weighted by Gasteiger charge is 2.19. The molecule has 94 valence electrons. The van der Waals surface area contributed by atoms with E-state index < -0.39 is 0 Å². The van der Waals surface area contributed by atoms with Crippen LogP contribution in [-0.4, -0.2) is 28.2 Å². The largest absolute Gasteiger partial charge is 0.363 e. The zero-order chi connectivity index (χ0) is 12.3. The van der Waals surface area contributed by atoms with E-state index in [1.54, 1.807) is 17.0 Å². The van der Waals surface area contributed by atoms with E-state index >= 15 is 0 Å². The first-order valence-electron chi connectivity index (χ1n) is 6.26. The van der Waals surface area contributed by atoms with E-state index in [0.717, 1.165) is 19.4 Å². The zero-order valence-corrected chi connectivity index (χ0v) is 10.4. The Morgan fingerprint density at radius 1 is 1.65 bits per heavy atom. The van der Waals surface area contributed by atoms with Crippen LogP contribution in [0, 0.1) is 0 Å². The molecule has 0 radical (unpaired) electrons. The highest BCUT2D eigenvalue weighted by molar-refractivity contribution is 5.32. The minimum atomic E-state index is -0.0267. The van der Waals surface area contributed by atoms with Gasteiger partial charge in [0, 0.05) is 31.0 Å². The fourth-order valence-electron chi connectivity index (χ4n) is 2.25. The van der Waals surface area contributed by atoms with E-state index in [4.69, 9.17) is 0 Å². The Balaban J connectivity index is 2.10. The van der Waals surface area contributed by atoms with Crippen molar-refractivity contribution >= 4 is 5.82 Å². The highest BCUT2D eigenvalue weighted by atomic mass is 16.1. The van der Waals surface area contributed by atoms with Crippen molar-refractivity contribution in [2.45, 2.75) is 45.3 Å². The van der Waals surface area contributed by atoms with Crippen molar-refractivity contribution in [2.24, 2.45) is 0 Å². The van der Waals surface area contributed by atoms with Gasteiger partial charge in [-0.2, -0.15) is 0 Å². The number of nitrogens with zero attached hydrogens (tertiary/aromatic N) is 2. The normalized spacial score (nSPS) is 24.6. The molecule has 1 aliphatic heterocycles. The maximum Gasteiger partial charge on any atom is 0.293 e. The van der Waals surface area contributed by atoms with Crippen LogP contribution in [0.5, 0.6) is 0 Å². The average Bonchev–Trinajstić information content (AvgIpc) is 2.32. The summed E-state index contributed by atoms with van der Waals surface area (Å²) in [5, 5.41) is 6.66. The summed E-state index contributed by atoms with van der Waals surface area (Å²) in [5.41, 5.74) is -0.0267. The van der Waals surface area contributed by atoms with Crippen molar-refractivity contribution < 1.29 is 0 Å². The van der Waals surface area contributed by atoms with Crippen LogP contribution in [0.15, 0.2) is 17.2 Å². The quantitative estimate of drug-likeness (QED) is 0.815. The van der Waals surface area contributed by atoms with Crippen LogP contribution in [-0.2, 0) is 6.54 Å². The van der Waals surface area contributed by atoms with Gasteiger partial charge in [-0.1, -0.05) is 0 Å². The van der Waals surface area contributed by atoms with Crippen LogP contribution in [0.3, 0.4) is 0 Å². The number of anilines is 1. The van der Waals surface area contributed by atoms with Gasteiger partial charge in [0.1, 0.15) is 0 Å². The monoisotopic (exact) mass is 236 g/mol. The highest BCUT2D eigenvalue weighted by Crippen LogP contribution is 2.11. The SMILES string of the molecule is CCn1ccnc(NC2CCNC(C)C2)c1=O. The third kappa shape index (κ3) is 2.85. The van der Waals surface area contributed by atoms with Crippen molar-refractivity contribution in [3.8, 4) is 0 Å². The molecule has 0 saturated carbocycles. The summed E-state index contributed by atoms with van der Waals surface area (Å²) in [7, 11) is 0. The Kier molecular flexibility index (Phi) is 3.78. The summed E-state index contributed by atoms with van der Waals surface area (Å²) in [6.07, 6.45) is 5.46. The lowest BCUT2D eigenvalue weighted by molar-refractivity contribution is 0.395. The second-order valence-electron chi connectivity index (χ2n) is 4.59. The van der Waals surface area contributed by atoms with E-state index in [2.05, 4.69) is 22.5 Å². The summed E-state index contributed by atoms with van der Waals surface area (Å²) < 4.78 is 1.67. The van der Waals surface area contributed by atoms with Crippen LogP contribution < -0.4 is 16.2 Å². The maximum atomic E-state index is 12.0. The lowest BCUT2D eigenvalue weighted by atomic mass is 10.0. The molecule has 1 aliphatic rings. The molecule has 0 spiro atoms. The Bertz CT molecular complexity index is 429. The molecule has 1 saturated heterocycles. The molecule has 0 aliphatic carbocycles. The molecular weight excluding hydrogens is 216 g/mol. The molecule has 5 heteroatoms. The number of aromatic nitrogens is 2. The predicted molar refractivity (Wildman–Crippen MR) is 68.3 cm³/mol. The average molecular weight is 236 g/mol. The molecule has 2 N–H and O–H groups in total. The Morgan fingerprint density at radius 2 is 2.47 bits per heavy atom. The minimum absolute atomic E-state index is 0.0267. The lowest BCUT2D eigenvalue weighted by Crippen LogP contribution is -2.42. The molecule has 2 atom stereocenters. The summed E-state index contributed by atoms with van der Waals surface area (Å²) in [5.74, 6) is 0.480. The maximum absolute atomic E-state index is 12.0. The molecule has 0 aromatic carbocycles. The number of hydrogen-bond acceptors (Lipinski definition) is 4. The van der Waals surface area contributed by atoms with Gasteiger partial charge < -0.3 is 15.2 Å². The number of nitrogens with one attached hydrogen (secondary N) is 2. The first-order chi connectivity index (χ1) is 8.20. The summed E-state index contributed by atoms with van der Waals surface area (Å²) >= 11 is 0. The Morgan fingerprint density at radius 3 is 3.18 bits per heavy atom. The standard InChI is InChI=1S/C12H20N4O/c1-3-16-7-6-14-11(12(16)17)15-10-4-5-13-9(2)8-10/h6-7,9-10,13H,3-5,8H2,1-2H3,(H,14,15). The number of aryl methyl sites for hydroxylation is 1.